The molecule has 122 valence electrons. The largest absolute Gasteiger partial charge is 0.444 e. The van der Waals surface area contributed by atoms with E-state index in [0.717, 1.165) is 0 Å². The minimum Gasteiger partial charge on any atom is -0.444 e. The molecule has 1 aromatic carbocycles. The van der Waals surface area contributed by atoms with Gasteiger partial charge in [0.1, 0.15) is 5.60 Å². The minimum atomic E-state index is -1.06. The summed E-state index contributed by atoms with van der Waals surface area (Å²) in [5, 5.41) is 5.23. The van der Waals surface area contributed by atoms with Crippen LogP contribution < -0.4 is 10.6 Å². The Labute approximate surface area is 133 Å². The number of carbonyl (C=O) groups is 2. The summed E-state index contributed by atoms with van der Waals surface area (Å²) in [6.07, 6.45) is 1.06. The number of alkyl carbamates (subject to hydrolysis) is 1. The zero-order valence-corrected chi connectivity index (χ0v) is 14.1. The molecule has 0 radical (unpaired) electrons. The minimum absolute atomic E-state index is 0.251. The normalized spacial score (nSPS) is 12.4. The molecule has 1 atom stereocenters. The summed E-state index contributed by atoms with van der Waals surface area (Å²) in [5.74, 6) is -0.251. The third kappa shape index (κ3) is 6.71. The number of hydrogen-bond acceptors (Lipinski definition) is 4. The van der Waals surface area contributed by atoms with E-state index in [1.165, 1.54) is 0 Å². The Morgan fingerprint density at radius 3 is 2.14 bits per heavy atom. The Morgan fingerprint density at radius 2 is 1.64 bits per heavy atom. The third-order valence-electron chi connectivity index (χ3n) is 2.53. The molecule has 0 aliphatic carbocycles. The fraction of sp³-hybridized carbons (Fsp3) is 0.467. The Bertz CT molecular complexity index is 550. The summed E-state index contributed by atoms with van der Waals surface area (Å²) in [7, 11) is -1.06. The fourth-order valence-corrected chi connectivity index (χ4v) is 2.07. The highest BCUT2D eigenvalue weighted by Crippen LogP contribution is 2.07. The monoisotopic (exact) mass is 326 g/mol. The molecule has 22 heavy (non-hydrogen) atoms. The molecule has 2 amide bonds. The molecule has 1 unspecified atom stereocenters. The van der Waals surface area contributed by atoms with Crippen LogP contribution in [-0.4, -0.2) is 41.2 Å². The zero-order valence-electron chi connectivity index (χ0n) is 13.3. The lowest BCUT2D eigenvalue weighted by atomic mass is 10.2. The predicted octanol–water partition coefficient (Wildman–Crippen LogP) is 1.68. The van der Waals surface area contributed by atoms with Crippen molar-refractivity contribution in [1.82, 2.24) is 10.6 Å². The topological polar surface area (TPSA) is 84.5 Å². The van der Waals surface area contributed by atoms with Gasteiger partial charge in [-0.05, 0) is 45.0 Å². The van der Waals surface area contributed by atoms with Crippen LogP contribution in [0.3, 0.4) is 0 Å². The van der Waals surface area contributed by atoms with Gasteiger partial charge in [0.05, 0.1) is 0 Å². The van der Waals surface area contributed by atoms with Gasteiger partial charge >= 0.3 is 6.09 Å². The Hall–Kier alpha value is -1.89. The van der Waals surface area contributed by atoms with E-state index in [9.17, 15) is 13.8 Å². The fourth-order valence-electron chi connectivity index (χ4n) is 1.55. The summed E-state index contributed by atoms with van der Waals surface area (Å²) < 4.78 is 16.3. The lowest BCUT2D eigenvalue weighted by Gasteiger charge is -2.19. The van der Waals surface area contributed by atoms with E-state index in [0.29, 0.717) is 17.0 Å². The second-order valence-electron chi connectivity index (χ2n) is 5.66. The van der Waals surface area contributed by atoms with Crippen LogP contribution in [0, 0.1) is 0 Å². The maximum Gasteiger partial charge on any atom is 0.407 e. The highest BCUT2D eigenvalue weighted by Gasteiger charge is 2.15. The van der Waals surface area contributed by atoms with Crippen LogP contribution in [0.5, 0.6) is 0 Å². The van der Waals surface area contributed by atoms with Gasteiger partial charge in [0.15, 0.2) is 0 Å². The number of hydrogen-bond donors (Lipinski definition) is 2. The molecule has 0 spiro atoms. The van der Waals surface area contributed by atoms with Crippen LogP contribution in [-0.2, 0) is 15.5 Å². The molecular formula is C15H22N2O4S. The van der Waals surface area contributed by atoms with E-state index in [1.807, 2.05) is 0 Å². The molecule has 0 fully saturated rings. The number of nitrogens with one attached hydrogen (secondary N) is 2. The standard InChI is InChI=1S/C15H22N2O4S/c1-15(2,3)21-14(19)17-10-9-16-13(18)11-5-7-12(8-6-11)22(4)20/h5-8H,9-10H2,1-4H3,(H,16,18)(H,17,19). The Balaban J connectivity index is 2.34. The van der Waals surface area contributed by atoms with E-state index in [-0.39, 0.29) is 12.5 Å². The SMILES string of the molecule is CS(=O)c1ccc(C(=O)NCCNC(=O)OC(C)(C)C)cc1. The average molecular weight is 326 g/mol. The molecular weight excluding hydrogens is 304 g/mol. The van der Waals surface area contributed by atoms with Crippen molar-refractivity contribution in [3.63, 3.8) is 0 Å². The summed E-state index contributed by atoms with van der Waals surface area (Å²) in [5.41, 5.74) is -0.0690. The number of ether oxygens (including phenoxy) is 1. The lowest BCUT2D eigenvalue weighted by molar-refractivity contribution is 0.0526. The van der Waals surface area contributed by atoms with Crippen LogP contribution in [0.2, 0.25) is 0 Å². The highest BCUT2D eigenvalue weighted by atomic mass is 32.2. The van der Waals surface area contributed by atoms with E-state index >= 15 is 0 Å². The van der Waals surface area contributed by atoms with Crippen molar-refractivity contribution in [1.29, 1.82) is 0 Å². The van der Waals surface area contributed by atoms with E-state index in [2.05, 4.69) is 10.6 Å². The van der Waals surface area contributed by atoms with Crippen molar-refractivity contribution in [3.8, 4) is 0 Å². The van der Waals surface area contributed by atoms with E-state index in [1.54, 1.807) is 51.3 Å². The summed E-state index contributed by atoms with van der Waals surface area (Å²) >= 11 is 0. The van der Waals surface area contributed by atoms with Crippen LogP contribution in [0.25, 0.3) is 0 Å². The average Bonchev–Trinajstić information content (AvgIpc) is 2.41. The van der Waals surface area contributed by atoms with Crippen molar-refractivity contribution in [2.45, 2.75) is 31.3 Å². The Morgan fingerprint density at radius 1 is 1.09 bits per heavy atom. The van der Waals surface area contributed by atoms with Crippen molar-refractivity contribution in [2.24, 2.45) is 0 Å². The molecule has 0 heterocycles. The molecule has 0 saturated heterocycles. The van der Waals surface area contributed by atoms with Gasteiger partial charge in [0, 0.05) is 40.6 Å². The van der Waals surface area contributed by atoms with Crippen LogP contribution in [0.1, 0.15) is 31.1 Å². The smallest absolute Gasteiger partial charge is 0.407 e. The third-order valence-corrected chi connectivity index (χ3v) is 3.46. The van der Waals surface area contributed by atoms with Gasteiger partial charge in [-0.2, -0.15) is 0 Å². The molecule has 6 nitrogen and oxygen atoms in total. The van der Waals surface area contributed by atoms with Gasteiger partial charge in [-0.1, -0.05) is 0 Å². The maximum atomic E-state index is 11.9. The Kier molecular flexibility index (Phi) is 6.55. The summed E-state index contributed by atoms with van der Waals surface area (Å²) in [6, 6.07) is 6.55. The van der Waals surface area contributed by atoms with Crippen LogP contribution >= 0.6 is 0 Å². The van der Waals surface area contributed by atoms with Gasteiger partial charge in [0.2, 0.25) is 0 Å². The second kappa shape index (κ2) is 7.93. The predicted molar refractivity (Wildman–Crippen MR) is 85.3 cm³/mol. The lowest BCUT2D eigenvalue weighted by Crippen LogP contribution is -2.37. The van der Waals surface area contributed by atoms with Crippen LogP contribution in [0.15, 0.2) is 29.2 Å². The maximum absolute atomic E-state index is 11.9. The van der Waals surface area contributed by atoms with Gasteiger partial charge in [-0.3, -0.25) is 9.00 Å². The molecule has 1 rings (SSSR count). The highest BCUT2D eigenvalue weighted by molar-refractivity contribution is 7.84. The number of benzene rings is 1. The molecule has 0 saturated carbocycles. The van der Waals surface area contributed by atoms with E-state index in [4.69, 9.17) is 4.74 Å². The molecule has 0 bridgehead atoms. The van der Waals surface area contributed by atoms with Gasteiger partial charge in [0.25, 0.3) is 5.91 Å². The molecule has 0 aliphatic rings. The molecule has 1 aromatic rings. The molecule has 0 aromatic heterocycles. The number of carbonyl (C=O) groups excluding carboxylic acids is 2. The quantitative estimate of drug-likeness (QED) is 0.806. The zero-order chi connectivity index (χ0) is 16.8. The van der Waals surface area contributed by atoms with Gasteiger partial charge in [-0.15, -0.1) is 0 Å². The van der Waals surface area contributed by atoms with Gasteiger partial charge < -0.3 is 15.4 Å². The first kappa shape index (κ1) is 18.2. The second-order valence-corrected chi connectivity index (χ2v) is 7.04. The summed E-state index contributed by atoms with van der Waals surface area (Å²) in [6.45, 7) is 5.90. The first-order chi connectivity index (χ1) is 10.2. The summed E-state index contributed by atoms with van der Waals surface area (Å²) in [4.78, 5) is 23.9. The van der Waals surface area contributed by atoms with Crippen molar-refractivity contribution >= 4 is 22.8 Å². The molecule has 7 heteroatoms. The number of amides is 2. The van der Waals surface area contributed by atoms with Crippen molar-refractivity contribution in [3.05, 3.63) is 29.8 Å². The first-order valence-corrected chi connectivity index (χ1v) is 8.43. The van der Waals surface area contributed by atoms with Crippen molar-refractivity contribution < 1.29 is 18.5 Å². The van der Waals surface area contributed by atoms with Crippen molar-refractivity contribution in [2.75, 3.05) is 19.3 Å². The molecule has 0 aliphatic heterocycles. The van der Waals surface area contributed by atoms with Crippen LogP contribution in [0.4, 0.5) is 4.79 Å². The van der Waals surface area contributed by atoms with E-state index < -0.39 is 22.5 Å². The first-order valence-electron chi connectivity index (χ1n) is 6.87. The van der Waals surface area contributed by atoms with Gasteiger partial charge in [-0.25, -0.2) is 4.79 Å². The molecule has 2 N–H and O–H groups in total. The number of rotatable bonds is 5.